The summed E-state index contributed by atoms with van der Waals surface area (Å²) >= 11 is 0. The first-order chi connectivity index (χ1) is 16.1. The number of urea groups is 1. The van der Waals surface area contributed by atoms with E-state index >= 15 is 0 Å². The maximum Gasteiger partial charge on any atom is 0.330 e. The zero-order valence-electron chi connectivity index (χ0n) is 17.5. The molecule has 2 heterocycles. The van der Waals surface area contributed by atoms with Gasteiger partial charge in [-0.1, -0.05) is 37.3 Å². The Balaban J connectivity index is 1.78. The van der Waals surface area contributed by atoms with Crippen LogP contribution in [-0.2, 0) is 16.0 Å². The third kappa shape index (κ3) is 3.01. The van der Waals surface area contributed by atoms with Gasteiger partial charge in [0.25, 0.3) is 23.6 Å². The van der Waals surface area contributed by atoms with E-state index in [9.17, 15) is 41.5 Å². The molecule has 6 amide bonds. The first-order valence-electron chi connectivity index (χ1n) is 10.0. The number of carbonyl (C=O) groups is 5. The van der Waals surface area contributed by atoms with Crippen molar-refractivity contribution in [3.63, 3.8) is 0 Å². The molecule has 4 rings (SSSR count). The van der Waals surface area contributed by atoms with Gasteiger partial charge in [0.1, 0.15) is 0 Å². The third-order valence-electron chi connectivity index (χ3n) is 5.90. The Labute approximate surface area is 189 Å². The van der Waals surface area contributed by atoms with E-state index in [1.807, 2.05) is 5.32 Å². The minimum atomic E-state index is -2.72. The molecular formula is C22H15F4N3O5. The summed E-state index contributed by atoms with van der Waals surface area (Å²) in [5, 5.41) is 1.88. The maximum absolute atomic E-state index is 14.3. The number of benzene rings is 2. The van der Waals surface area contributed by atoms with Crippen LogP contribution in [0, 0.1) is 23.3 Å². The molecule has 176 valence electrons. The molecule has 0 spiro atoms. The molecule has 2 aromatic carbocycles. The predicted molar refractivity (Wildman–Crippen MR) is 105 cm³/mol. The van der Waals surface area contributed by atoms with E-state index < -0.39 is 76.0 Å². The molecule has 34 heavy (non-hydrogen) atoms. The molecule has 1 fully saturated rings. The van der Waals surface area contributed by atoms with E-state index in [-0.39, 0.29) is 17.9 Å². The summed E-state index contributed by atoms with van der Waals surface area (Å²) in [6.45, 7) is 0.957. The quantitative estimate of drug-likeness (QED) is 0.234. The lowest BCUT2D eigenvalue weighted by Gasteiger charge is -2.42. The van der Waals surface area contributed by atoms with Crippen molar-refractivity contribution in [3.8, 4) is 0 Å². The van der Waals surface area contributed by atoms with Crippen molar-refractivity contribution < 1.29 is 41.5 Å². The lowest BCUT2D eigenvalue weighted by atomic mass is 9.88. The molecule has 8 nitrogen and oxygen atoms in total. The Morgan fingerprint density at radius 2 is 1.35 bits per heavy atom. The van der Waals surface area contributed by atoms with Gasteiger partial charge in [0.2, 0.25) is 5.54 Å². The fourth-order valence-corrected chi connectivity index (χ4v) is 4.13. The smallest absolute Gasteiger partial charge is 0.275 e. The van der Waals surface area contributed by atoms with E-state index in [0.29, 0.717) is 4.90 Å². The Morgan fingerprint density at radius 1 is 0.824 bits per heavy atom. The average molecular weight is 477 g/mol. The normalized spacial score (nSPS) is 20.2. The maximum atomic E-state index is 14.3. The summed E-state index contributed by atoms with van der Waals surface area (Å²) in [5.41, 5.74) is -4.88. The van der Waals surface area contributed by atoms with Gasteiger partial charge in [0.15, 0.2) is 23.3 Å². The van der Waals surface area contributed by atoms with Crippen LogP contribution in [0.5, 0.6) is 0 Å². The highest BCUT2D eigenvalue weighted by Gasteiger charge is 2.63. The van der Waals surface area contributed by atoms with Crippen molar-refractivity contribution in [3.05, 3.63) is 70.3 Å². The second kappa shape index (κ2) is 8.04. The second-order valence-electron chi connectivity index (χ2n) is 7.62. The van der Waals surface area contributed by atoms with Crippen molar-refractivity contribution in [2.75, 3.05) is 6.54 Å². The Morgan fingerprint density at radius 3 is 1.85 bits per heavy atom. The lowest BCUT2D eigenvalue weighted by molar-refractivity contribution is -0.151. The molecule has 12 heteroatoms. The summed E-state index contributed by atoms with van der Waals surface area (Å²) in [6.07, 6.45) is -0.442. The number of rotatable bonds is 5. The van der Waals surface area contributed by atoms with E-state index in [1.165, 1.54) is 6.92 Å². The average Bonchev–Trinajstić information content (AvgIpc) is 3.08. The molecule has 0 saturated carbocycles. The third-order valence-corrected chi connectivity index (χ3v) is 5.90. The largest absolute Gasteiger partial charge is 0.330 e. The van der Waals surface area contributed by atoms with Gasteiger partial charge in [-0.3, -0.25) is 29.4 Å². The van der Waals surface area contributed by atoms with Gasteiger partial charge < -0.3 is 0 Å². The van der Waals surface area contributed by atoms with Crippen LogP contribution >= 0.6 is 0 Å². The van der Waals surface area contributed by atoms with Crippen molar-refractivity contribution in [2.45, 2.75) is 25.3 Å². The van der Waals surface area contributed by atoms with Gasteiger partial charge in [0.05, 0.1) is 11.1 Å². The van der Waals surface area contributed by atoms with Crippen molar-refractivity contribution in [2.24, 2.45) is 0 Å². The van der Waals surface area contributed by atoms with Crippen molar-refractivity contribution in [1.82, 2.24) is 15.1 Å². The standard InChI is InChI=1S/C22H15F4N3O5/c1-2-22(29-17(30)11-12(18(29)31)14(24)16(26)15(25)13(11)23)19(32)27-21(34)28(20(22)33)9-8-10-6-4-3-5-7-10/h3-7H,2,8-9H2,1H3,(H,27,32,34). The van der Waals surface area contributed by atoms with Crippen molar-refractivity contribution in [1.29, 1.82) is 0 Å². The fourth-order valence-electron chi connectivity index (χ4n) is 4.13. The minimum Gasteiger partial charge on any atom is -0.275 e. The summed E-state index contributed by atoms with van der Waals surface area (Å²) < 4.78 is 56.2. The van der Waals surface area contributed by atoms with Crippen LogP contribution in [0.4, 0.5) is 22.4 Å². The molecule has 0 aromatic heterocycles. The van der Waals surface area contributed by atoms with Crippen LogP contribution in [0.25, 0.3) is 0 Å². The van der Waals surface area contributed by atoms with Crippen LogP contribution in [0.1, 0.15) is 39.6 Å². The number of nitrogens with one attached hydrogen (secondary N) is 1. The number of nitrogens with zero attached hydrogens (tertiary/aromatic N) is 2. The first-order valence-corrected chi connectivity index (χ1v) is 10.0. The van der Waals surface area contributed by atoms with E-state index in [1.54, 1.807) is 30.3 Å². The Hall–Kier alpha value is -4.09. The van der Waals surface area contributed by atoms with E-state index in [4.69, 9.17) is 0 Å². The van der Waals surface area contributed by atoms with E-state index in [0.717, 1.165) is 5.56 Å². The summed E-state index contributed by atoms with van der Waals surface area (Å²) in [6, 6.07) is 7.48. The fraction of sp³-hybridized carbons (Fsp3) is 0.227. The zero-order valence-corrected chi connectivity index (χ0v) is 17.5. The summed E-state index contributed by atoms with van der Waals surface area (Å²) in [4.78, 5) is 65.1. The number of amides is 6. The summed E-state index contributed by atoms with van der Waals surface area (Å²) in [5.74, 6) is -15.0. The van der Waals surface area contributed by atoms with Crippen molar-refractivity contribution >= 4 is 29.7 Å². The Bertz CT molecular complexity index is 1240. The second-order valence-corrected chi connectivity index (χ2v) is 7.62. The molecule has 2 aromatic rings. The predicted octanol–water partition coefficient (Wildman–Crippen LogP) is 2.31. The molecular weight excluding hydrogens is 462 g/mol. The van der Waals surface area contributed by atoms with Crippen LogP contribution in [-0.4, -0.2) is 51.5 Å². The van der Waals surface area contributed by atoms with Crippen LogP contribution in [0.2, 0.25) is 0 Å². The molecule has 0 bridgehead atoms. The van der Waals surface area contributed by atoms with Crippen LogP contribution in [0.3, 0.4) is 0 Å². The molecule has 2 aliphatic rings. The highest BCUT2D eigenvalue weighted by Crippen LogP contribution is 2.38. The number of halogens is 4. The number of barbiturate groups is 1. The molecule has 1 unspecified atom stereocenters. The minimum absolute atomic E-state index is 0.0394. The highest BCUT2D eigenvalue weighted by molar-refractivity contribution is 6.31. The van der Waals surface area contributed by atoms with Crippen LogP contribution in [0.15, 0.2) is 30.3 Å². The highest BCUT2D eigenvalue weighted by atomic mass is 19.2. The lowest BCUT2D eigenvalue weighted by Crippen LogP contribution is -2.74. The SMILES string of the molecule is CCC1(N2C(=O)c3c(F)c(F)c(F)c(F)c3C2=O)C(=O)NC(=O)N(CCc2ccccc2)C1=O. The van der Waals surface area contributed by atoms with Crippen LogP contribution < -0.4 is 5.32 Å². The molecule has 0 aliphatic carbocycles. The van der Waals surface area contributed by atoms with Gasteiger partial charge in [-0.2, -0.15) is 0 Å². The van der Waals surface area contributed by atoms with Gasteiger partial charge in [-0.05, 0) is 18.4 Å². The molecule has 2 aliphatic heterocycles. The van der Waals surface area contributed by atoms with Gasteiger partial charge in [-0.15, -0.1) is 0 Å². The van der Waals surface area contributed by atoms with Gasteiger partial charge in [-0.25, -0.2) is 27.3 Å². The molecule has 1 N–H and O–H groups in total. The number of imide groups is 3. The monoisotopic (exact) mass is 477 g/mol. The number of hydrogen-bond donors (Lipinski definition) is 1. The zero-order chi connectivity index (χ0) is 24.9. The molecule has 1 atom stereocenters. The molecule has 0 radical (unpaired) electrons. The first kappa shape index (κ1) is 23.1. The number of carbonyl (C=O) groups excluding carboxylic acids is 5. The summed E-state index contributed by atoms with van der Waals surface area (Å²) in [7, 11) is 0. The van der Waals surface area contributed by atoms with Gasteiger partial charge in [0, 0.05) is 6.54 Å². The molecule has 1 saturated heterocycles. The Kier molecular flexibility index (Phi) is 5.46. The topological polar surface area (TPSA) is 104 Å². The number of hydrogen-bond acceptors (Lipinski definition) is 5. The number of fused-ring (bicyclic) bond motifs is 1. The van der Waals surface area contributed by atoms with E-state index in [2.05, 4.69) is 0 Å². The van der Waals surface area contributed by atoms with Gasteiger partial charge >= 0.3 is 6.03 Å².